The molecule has 0 saturated heterocycles. The maximum absolute atomic E-state index is 6.95. The lowest BCUT2D eigenvalue weighted by Gasteiger charge is -2.43. The zero-order valence-electron chi connectivity index (χ0n) is 21.5. The molecule has 3 aromatic carbocycles. The lowest BCUT2D eigenvalue weighted by molar-refractivity contribution is 0.192. The maximum Gasteiger partial charge on any atom is 0.187 e. The Morgan fingerprint density at radius 1 is 0.889 bits per heavy atom. The summed E-state index contributed by atoms with van der Waals surface area (Å²) in [4.78, 5) is 7.13. The summed E-state index contributed by atoms with van der Waals surface area (Å²) in [7, 11) is 4.09. The van der Waals surface area contributed by atoms with Gasteiger partial charge in [0.2, 0.25) is 0 Å². The zero-order valence-corrected chi connectivity index (χ0v) is 21.5. The van der Waals surface area contributed by atoms with Crippen LogP contribution in [0.5, 0.6) is 0 Å². The van der Waals surface area contributed by atoms with Gasteiger partial charge in [0.05, 0.1) is 0 Å². The van der Waals surface area contributed by atoms with Crippen LogP contribution in [0.15, 0.2) is 89.9 Å². The third-order valence-electron chi connectivity index (χ3n) is 7.87. The molecule has 4 N–H and O–H groups in total. The van der Waals surface area contributed by atoms with Crippen LogP contribution in [0, 0.1) is 11.8 Å². The summed E-state index contributed by atoms with van der Waals surface area (Å²) in [5, 5.41) is 7.40. The average Bonchev–Trinajstić information content (AvgIpc) is 2.92. The predicted octanol–water partition coefficient (Wildman–Crippen LogP) is 5.26. The summed E-state index contributed by atoms with van der Waals surface area (Å²) in [6.07, 6.45) is 4.52. The van der Waals surface area contributed by atoms with Crippen LogP contribution >= 0.6 is 0 Å². The largest absolute Gasteiger partial charge is 0.362 e. The van der Waals surface area contributed by atoms with E-state index in [4.69, 9.17) is 10.7 Å². The lowest BCUT2D eigenvalue weighted by atomic mass is 9.78. The number of nitrogens with two attached hydrogens (primary N) is 1. The molecule has 1 aliphatic heterocycles. The highest BCUT2D eigenvalue weighted by molar-refractivity contribution is 6.05. The minimum Gasteiger partial charge on any atom is -0.362 e. The van der Waals surface area contributed by atoms with Crippen molar-refractivity contribution in [2.45, 2.75) is 37.4 Å². The van der Waals surface area contributed by atoms with E-state index in [1.54, 1.807) is 0 Å². The maximum atomic E-state index is 6.95. The van der Waals surface area contributed by atoms with Crippen LogP contribution < -0.4 is 16.4 Å². The fraction of sp³-hybridized carbons (Fsp3) is 0.387. The molecular formula is C31H39N5. The molecule has 0 spiro atoms. The number of hydrogen-bond donors (Lipinski definition) is 3. The lowest BCUT2D eigenvalue weighted by Crippen LogP contribution is -2.56. The summed E-state index contributed by atoms with van der Waals surface area (Å²) in [5.74, 6) is 1.56. The van der Waals surface area contributed by atoms with E-state index in [2.05, 4.69) is 100 Å². The number of aliphatic imine (C=N–C) groups is 1. The minimum absolute atomic E-state index is 0.318. The number of para-hydroxylation sites is 1. The van der Waals surface area contributed by atoms with Crippen molar-refractivity contribution in [2.24, 2.45) is 22.6 Å². The number of rotatable bonds is 7. The molecule has 1 fully saturated rings. The van der Waals surface area contributed by atoms with Crippen LogP contribution in [-0.4, -0.2) is 43.7 Å². The average molecular weight is 482 g/mol. The summed E-state index contributed by atoms with van der Waals surface area (Å²) >= 11 is 0. The molecule has 5 heteroatoms. The molecule has 2 aliphatic rings. The molecular weight excluding hydrogens is 442 g/mol. The predicted molar refractivity (Wildman–Crippen MR) is 150 cm³/mol. The molecule has 0 bridgehead atoms. The molecule has 1 aliphatic carbocycles. The van der Waals surface area contributed by atoms with Crippen molar-refractivity contribution in [3.05, 3.63) is 102 Å². The van der Waals surface area contributed by atoms with Gasteiger partial charge in [0.25, 0.3) is 0 Å². The van der Waals surface area contributed by atoms with Crippen molar-refractivity contribution in [3.63, 3.8) is 0 Å². The van der Waals surface area contributed by atoms with E-state index in [9.17, 15) is 0 Å². The number of nitrogens with zero attached hydrogens (tertiary/aromatic N) is 2. The molecule has 1 heterocycles. The van der Waals surface area contributed by atoms with Crippen molar-refractivity contribution in [3.8, 4) is 0 Å². The number of anilines is 1. The van der Waals surface area contributed by atoms with Crippen molar-refractivity contribution in [2.75, 3.05) is 32.5 Å². The van der Waals surface area contributed by atoms with Gasteiger partial charge in [0.1, 0.15) is 5.84 Å². The monoisotopic (exact) mass is 481 g/mol. The van der Waals surface area contributed by atoms with Crippen molar-refractivity contribution in [1.82, 2.24) is 10.2 Å². The van der Waals surface area contributed by atoms with Gasteiger partial charge in [0.15, 0.2) is 5.79 Å². The van der Waals surface area contributed by atoms with Crippen molar-refractivity contribution >= 4 is 11.5 Å². The van der Waals surface area contributed by atoms with E-state index < -0.39 is 5.79 Å². The van der Waals surface area contributed by atoms with E-state index >= 15 is 0 Å². The fourth-order valence-corrected chi connectivity index (χ4v) is 5.84. The topological polar surface area (TPSA) is 65.7 Å². The fourth-order valence-electron chi connectivity index (χ4n) is 5.84. The molecule has 0 radical (unpaired) electrons. The highest BCUT2D eigenvalue weighted by atomic mass is 15.3. The summed E-state index contributed by atoms with van der Waals surface area (Å²) in [5.41, 5.74) is 11.9. The first-order valence-electron chi connectivity index (χ1n) is 13.3. The summed E-state index contributed by atoms with van der Waals surface area (Å²) < 4.78 is 0. The number of fused-ring (bicyclic) bond motifs is 1. The van der Waals surface area contributed by atoms with Gasteiger partial charge in [-0.05, 0) is 61.4 Å². The van der Waals surface area contributed by atoms with Crippen LogP contribution in [0.4, 0.5) is 5.69 Å². The third kappa shape index (κ3) is 5.32. The van der Waals surface area contributed by atoms with E-state index in [1.807, 2.05) is 14.1 Å². The normalized spacial score (nSPS) is 23.5. The molecule has 3 aromatic rings. The Balaban J connectivity index is 1.19. The second kappa shape index (κ2) is 10.9. The molecule has 188 valence electrons. The Bertz CT molecular complexity index is 1110. The minimum atomic E-state index is -0.752. The van der Waals surface area contributed by atoms with E-state index in [0.29, 0.717) is 17.8 Å². The van der Waals surface area contributed by atoms with Crippen LogP contribution in [0.3, 0.4) is 0 Å². The standard InChI is InChI=1S/C31H39N5/c1-36(2)30-27-15-9-10-16-29(27)34-31(32,35-30)26-19-17-23(18-20-26)21-33-22-28(24-11-5-3-6-12-24)25-13-7-4-8-14-25/h3-16,23,26,28,33-34H,17-22,32H2,1-2H3. The first-order valence-corrected chi connectivity index (χ1v) is 13.3. The van der Waals surface area contributed by atoms with Crippen LogP contribution in [0.25, 0.3) is 0 Å². The zero-order chi connectivity index (χ0) is 25.0. The Hall–Kier alpha value is -3.15. The second-order valence-electron chi connectivity index (χ2n) is 10.6. The van der Waals surface area contributed by atoms with Gasteiger partial charge in [-0.2, -0.15) is 0 Å². The molecule has 5 rings (SSSR count). The van der Waals surface area contributed by atoms with Gasteiger partial charge in [-0.1, -0.05) is 72.8 Å². The highest BCUT2D eigenvalue weighted by Crippen LogP contribution is 2.38. The van der Waals surface area contributed by atoms with Crippen molar-refractivity contribution < 1.29 is 0 Å². The van der Waals surface area contributed by atoms with E-state index in [-0.39, 0.29) is 0 Å². The van der Waals surface area contributed by atoms with Gasteiger partial charge in [-0.3, -0.25) is 5.73 Å². The first-order chi connectivity index (χ1) is 17.5. The summed E-state index contributed by atoms with van der Waals surface area (Å²) in [6, 6.07) is 30.0. The van der Waals surface area contributed by atoms with Crippen LogP contribution in [-0.2, 0) is 0 Å². The highest BCUT2D eigenvalue weighted by Gasteiger charge is 2.41. The molecule has 1 unspecified atom stereocenters. The molecule has 1 atom stereocenters. The number of benzene rings is 3. The molecule has 1 saturated carbocycles. The SMILES string of the molecule is CN(C)C1=NC(N)(C2CCC(CNCC(c3ccccc3)c3ccccc3)CC2)Nc2ccccc21. The number of amidine groups is 1. The molecule has 36 heavy (non-hydrogen) atoms. The van der Waals surface area contributed by atoms with Gasteiger partial charge < -0.3 is 15.5 Å². The first kappa shape index (κ1) is 24.5. The Kier molecular flexibility index (Phi) is 7.40. The van der Waals surface area contributed by atoms with Gasteiger partial charge in [-0.15, -0.1) is 0 Å². The van der Waals surface area contributed by atoms with Crippen molar-refractivity contribution in [1.29, 1.82) is 0 Å². The molecule has 0 amide bonds. The third-order valence-corrected chi connectivity index (χ3v) is 7.87. The smallest absolute Gasteiger partial charge is 0.187 e. The number of nitrogens with one attached hydrogen (secondary N) is 2. The number of hydrogen-bond acceptors (Lipinski definition) is 5. The van der Waals surface area contributed by atoms with Gasteiger partial charge in [0, 0.05) is 43.7 Å². The van der Waals surface area contributed by atoms with E-state index in [1.165, 1.54) is 24.0 Å². The molecule has 0 aromatic heterocycles. The van der Waals surface area contributed by atoms with Crippen LogP contribution in [0.1, 0.15) is 48.3 Å². The Labute approximate surface area is 215 Å². The Morgan fingerprint density at radius 2 is 1.47 bits per heavy atom. The summed E-state index contributed by atoms with van der Waals surface area (Å²) in [6.45, 7) is 1.99. The van der Waals surface area contributed by atoms with Gasteiger partial charge >= 0.3 is 0 Å². The Morgan fingerprint density at radius 3 is 2.08 bits per heavy atom. The second-order valence-corrected chi connectivity index (χ2v) is 10.6. The van der Waals surface area contributed by atoms with Crippen LogP contribution in [0.2, 0.25) is 0 Å². The van der Waals surface area contributed by atoms with E-state index in [0.717, 1.165) is 43.0 Å². The molecule has 5 nitrogen and oxygen atoms in total. The van der Waals surface area contributed by atoms with Gasteiger partial charge in [-0.25, -0.2) is 4.99 Å². The quantitative estimate of drug-likeness (QED) is 0.431.